The molecular weight excluding hydrogens is 454 g/mol. The first kappa shape index (κ1) is 23.7. The van der Waals surface area contributed by atoms with Gasteiger partial charge in [-0.05, 0) is 30.9 Å². The summed E-state index contributed by atoms with van der Waals surface area (Å²) >= 11 is 0. The van der Waals surface area contributed by atoms with E-state index in [0.717, 1.165) is 12.1 Å². The van der Waals surface area contributed by atoms with Gasteiger partial charge in [0.2, 0.25) is 5.82 Å². The van der Waals surface area contributed by atoms with Crippen molar-refractivity contribution < 1.29 is 27.1 Å². The lowest BCUT2D eigenvalue weighted by molar-refractivity contribution is -0.0985. The molecule has 180 valence electrons. The molecule has 0 aliphatic heterocycles. The number of hydrogen-bond donors (Lipinski definition) is 2. The number of ether oxygens (including phenoxy) is 1. The highest BCUT2D eigenvalue weighted by molar-refractivity contribution is 6.03. The average molecular weight is 477 g/mol. The van der Waals surface area contributed by atoms with Gasteiger partial charge in [0.15, 0.2) is 17.0 Å². The van der Waals surface area contributed by atoms with Crippen LogP contribution in [0.4, 0.5) is 17.6 Å². The monoisotopic (exact) mass is 477 g/mol. The van der Waals surface area contributed by atoms with Crippen LogP contribution in [0.1, 0.15) is 59.8 Å². The SMILES string of the molecule is CCC1CC(c2ccc(F)c(F)c2OC)C(c2cc(=O)c3c(C(N)=O)nccc3[nH]2)CC1(F)F. The summed E-state index contributed by atoms with van der Waals surface area (Å²) in [4.78, 5) is 31.5. The number of amides is 1. The van der Waals surface area contributed by atoms with E-state index in [1.165, 1.54) is 25.4 Å². The lowest BCUT2D eigenvalue weighted by Gasteiger charge is -2.41. The molecule has 3 atom stereocenters. The van der Waals surface area contributed by atoms with E-state index in [9.17, 15) is 18.4 Å². The number of hydrogen-bond acceptors (Lipinski definition) is 4. The number of nitrogens with two attached hydrogens (primary N) is 1. The molecule has 2 aromatic heterocycles. The third-order valence-corrected chi connectivity index (χ3v) is 6.69. The largest absolute Gasteiger partial charge is 0.493 e. The first-order valence-electron chi connectivity index (χ1n) is 10.8. The van der Waals surface area contributed by atoms with Gasteiger partial charge in [-0.2, -0.15) is 4.39 Å². The van der Waals surface area contributed by atoms with Crippen molar-refractivity contribution in [2.75, 3.05) is 7.11 Å². The van der Waals surface area contributed by atoms with Crippen molar-refractivity contribution in [3.05, 3.63) is 69.3 Å². The van der Waals surface area contributed by atoms with Crippen LogP contribution in [0.25, 0.3) is 10.9 Å². The van der Waals surface area contributed by atoms with Gasteiger partial charge >= 0.3 is 0 Å². The van der Waals surface area contributed by atoms with Crippen molar-refractivity contribution in [2.45, 2.75) is 43.9 Å². The molecule has 0 spiro atoms. The van der Waals surface area contributed by atoms with E-state index in [1.54, 1.807) is 6.92 Å². The standard InChI is InChI=1S/C24H23F4N3O3/c1-3-11-8-13(12-4-5-15(25)20(26)22(12)34-2)14(10-24(11,27)28)17-9-18(32)19-16(31-17)6-7-30-21(19)23(29)33/h4-7,9,11,13-14H,3,8,10H2,1-2H3,(H2,29,33)(H,31,32). The third-order valence-electron chi connectivity index (χ3n) is 6.69. The van der Waals surface area contributed by atoms with Crippen LogP contribution in [-0.2, 0) is 0 Å². The molecule has 6 nitrogen and oxygen atoms in total. The number of halogens is 4. The number of H-pyrrole nitrogens is 1. The normalized spacial score (nSPS) is 22.0. The molecule has 3 N–H and O–H groups in total. The van der Waals surface area contributed by atoms with Crippen molar-refractivity contribution in [2.24, 2.45) is 11.7 Å². The number of fused-ring (bicyclic) bond motifs is 1. The van der Waals surface area contributed by atoms with Crippen LogP contribution >= 0.6 is 0 Å². The number of alkyl halides is 2. The minimum atomic E-state index is -3.05. The fourth-order valence-corrected chi connectivity index (χ4v) is 5.03. The van der Waals surface area contributed by atoms with E-state index in [4.69, 9.17) is 10.5 Å². The fourth-order valence-electron chi connectivity index (χ4n) is 5.03. The van der Waals surface area contributed by atoms with E-state index in [0.29, 0.717) is 0 Å². The Morgan fingerprint density at radius 1 is 1.26 bits per heavy atom. The van der Waals surface area contributed by atoms with E-state index < -0.39 is 53.1 Å². The van der Waals surface area contributed by atoms with Crippen LogP contribution < -0.4 is 15.9 Å². The third kappa shape index (κ3) is 3.91. The van der Waals surface area contributed by atoms with Crippen molar-refractivity contribution >= 4 is 16.8 Å². The predicted octanol–water partition coefficient (Wildman–Crippen LogP) is 4.63. The number of benzene rings is 1. The number of nitrogens with zero attached hydrogens (tertiary/aromatic N) is 1. The number of aromatic nitrogens is 2. The molecule has 1 aliphatic rings. The van der Waals surface area contributed by atoms with Gasteiger partial charge in [0.1, 0.15) is 5.69 Å². The van der Waals surface area contributed by atoms with Crippen molar-refractivity contribution in [1.29, 1.82) is 0 Å². The Labute approximate surface area is 192 Å². The molecular formula is C24H23F4N3O3. The van der Waals surface area contributed by atoms with E-state index in [2.05, 4.69) is 9.97 Å². The number of aromatic amines is 1. The molecule has 0 saturated heterocycles. The number of carbonyl (C=O) groups excluding carboxylic acids is 1. The van der Waals surface area contributed by atoms with Gasteiger partial charge in [-0.25, -0.2) is 13.2 Å². The van der Waals surface area contributed by atoms with Crippen molar-refractivity contribution in [1.82, 2.24) is 9.97 Å². The van der Waals surface area contributed by atoms with E-state index in [-0.39, 0.29) is 46.4 Å². The second-order valence-electron chi connectivity index (χ2n) is 8.54. The van der Waals surface area contributed by atoms with E-state index in [1.807, 2.05) is 0 Å². The summed E-state index contributed by atoms with van der Waals surface area (Å²) in [7, 11) is 1.18. The molecule has 1 amide bonds. The number of carbonyl (C=O) groups is 1. The fraction of sp³-hybridized carbons (Fsp3) is 0.375. The van der Waals surface area contributed by atoms with Crippen LogP contribution in [0.2, 0.25) is 0 Å². The van der Waals surface area contributed by atoms with Gasteiger partial charge in [0.25, 0.3) is 11.8 Å². The maximum absolute atomic E-state index is 15.1. The van der Waals surface area contributed by atoms with Gasteiger partial charge < -0.3 is 15.5 Å². The van der Waals surface area contributed by atoms with Crippen LogP contribution in [-0.4, -0.2) is 28.9 Å². The van der Waals surface area contributed by atoms with Gasteiger partial charge in [0.05, 0.1) is 18.0 Å². The molecule has 1 aromatic carbocycles. The van der Waals surface area contributed by atoms with Crippen molar-refractivity contribution in [3.63, 3.8) is 0 Å². The lowest BCUT2D eigenvalue weighted by atomic mass is 9.67. The van der Waals surface area contributed by atoms with Gasteiger partial charge in [-0.3, -0.25) is 14.6 Å². The smallest absolute Gasteiger partial charge is 0.268 e. The topological polar surface area (TPSA) is 98.1 Å². The van der Waals surface area contributed by atoms with Gasteiger partial charge in [-0.15, -0.1) is 0 Å². The Balaban J connectivity index is 1.92. The molecule has 1 saturated carbocycles. The number of methoxy groups -OCH3 is 1. The highest BCUT2D eigenvalue weighted by Gasteiger charge is 2.50. The number of rotatable bonds is 5. The van der Waals surface area contributed by atoms with E-state index >= 15 is 8.78 Å². The van der Waals surface area contributed by atoms with Crippen LogP contribution in [0, 0.1) is 17.6 Å². The maximum Gasteiger partial charge on any atom is 0.268 e. The maximum atomic E-state index is 15.1. The van der Waals surface area contributed by atoms with Crippen LogP contribution in [0.3, 0.4) is 0 Å². The first-order chi connectivity index (χ1) is 16.1. The second kappa shape index (κ2) is 8.73. The summed E-state index contributed by atoms with van der Waals surface area (Å²) in [5.74, 6) is -9.25. The summed E-state index contributed by atoms with van der Waals surface area (Å²) in [5.41, 5.74) is 5.12. The molecule has 3 unspecified atom stereocenters. The Morgan fingerprint density at radius 3 is 2.65 bits per heavy atom. The zero-order chi connectivity index (χ0) is 24.8. The Morgan fingerprint density at radius 2 is 2.00 bits per heavy atom. The minimum Gasteiger partial charge on any atom is -0.493 e. The second-order valence-corrected chi connectivity index (χ2v) is 8.54. The van der Waals surface area contributed by atoms with Gasteiger partial charge in [-0.1, -0.05) is 13.0 Å². The quantitative estimate of drug-likeness (QED) is 0.524. The Kier molecular flexibility index (Phi) is 6.09. The summed E-state index contributed by atoms with van der Waals surface area (Å²) in [6.45, 7) is 1.65. The van der Waals surface area contributed by atoms with Crippen LogP contribution in [0.15, 0.2) is 35.3 Å². The molecule has 1 aliphatic carbocycles. The average Bonchev–Trinajstić information content (AvgIpc) is 2.79. The zero-order valence-corrected chi connectivity index (χ0v) is 18.5. The summed E-state index contributed by atoms with van der Waals surface area (Å²) < 4.78 is 63.6. The van der Waals surface area contributed by atoms with Crippen LogP contribution in [0.5, 0.6) is 5.75 Å². The first-order valence-corrected chi connectivity index (χ1v) is 10.8. The zero-order valence-electron chi connectivity index (χ0n) is 18.5. The number of nitrogens with one attached hydrogen (secondary N) is 1. The highest BCUT2D eigenvalue weighted by atomic mass is 19.3. The highest BCUT2D eigenvalue weighted by Crippen LogP contribution is 2.54. The molecule has 0 radical (unpaired) electrons. The summed E-state index contributed by atoms with van der Waals surface area (Å²) in [6, 6.07) is 4.85. The molecule has 10 heteroatoms. The molecule has 2 heterocycles. The predicted molar refractivity (Wildman–Crippen MR) is 117 cm³/mol. The van der Waals surface area contributed by atoms with Crippen molar-refractivity contribution in [3.8, 4) is 5.75 Å². The number of pyridine rings is 2. The summed E-state index contributed by atoms with van der Waals surface area (Å²) in [6.07, 6.45) is 0.816. The summed E-state index contributed by atoms with van der Waals surface area (Å²) in [5, 5.41) is -0.0466. The minimum absolute atomic E-state index is 0.0292. The molecule has 3 aromatic rings. The molecule has 34 heavy (non-hydrogen) atoms. The molecule has 4 rings (SSSR count). The molecule has 0 bridgehead atoms. The Hall–Kier alpha value is -3.43. The number of primary amides is 1. The van der Waals surface area contributed by atoms with Gasteiger partial charge in [0, 0.05) is 41.8 Å². The Bertz CT molecular complexity index is 1320. The molecule has 1 fully saturated rings. The lowest BCUT2D eigenvalue weighted by Crippen LogP contribution is -2.39.